The van der Waals surface area contributed by atoms with Crippen molar-refractivity contribution in [3.63, 3.8) is 0 Å². The van der Waals surface area contributed by atoms with Crippen molar-refractivity contribution < 1.29 is 14.3 Å². The highest BCUT2D eigenvalue weighted by atomic mass is 32.1. The highest BCUT2D eigenvalue weighted by Gasteiger charge is 2.06. The summed E-state index contributed by atoms with van der Waals surface area (Å²) in [7, 11) is 0. The number of carbonyl (C=O) groups excluding carboxylic acids is 1. The number of rotatable bonds is 7. The third-order valence-electron chi connectivity index (χ3n) is 2.85. The molecule has 0 radical (unpaired) electrons. The Morgan fingerprint density at radius 2 is 2.00 bits per heavy atom. The molecule has 0 atom stereocenters. The summed E-state index contributed by atoms with van der Waals surface area (Å²) < 4.78 is 11.1. The Hall–Kier alpha value is -2.34. The first kappa shape index (κ1) is 17.0. The summed E-state index contributed by atoms with van der Waals surface area (Å²) in [4.78, 5) is 17.0. The number of aromatic nitrogens is 1. The number of ether oxygens (including phenoxy) is 2. The van der Waals surface area contributed by atoms with Crippen LogP contribution in [0.5, 0.6) is 11.5 Å². The SMILES string of the molecule is CCOc1ccc(/C=C/C(=O)Nc2ncc(C)s2)cc1OCC. The van der Waals surface area contributed by atoms with Gasteiger partial charge < -0.3 is 9.47 Å². The highest BCUT2D eigenvalue weighted by molar-refractivity contribution is 7.15. The van der Waals surface area contributed by atoms with Crippen LogP contribution in [0.15, 0.2) is 30.5 Å². The molecule has 0 bridgehead atoms. The zero-order valence-corrected chi connectivity index (χ0v) is 14.3. The average molecular weight is 332 g/mol. The summed E-state index contributed by atoms with van der Waals surface area (Å²) in [6, 6.07) is 5.58. The number of thiazole rings is 1. The van der Waals surface area contributed by atoms with E-state index in [9.17, 15) is 4.79 Å². The van der Waals surface area contributed by atoms with Gasteiger partial charge in [0.05, 0.1) is 13.2 Å². The number of nitrogens with one attached hydrogen (secondary N) is 1. The van der Waals surface area contributed by atoms with Crippen LogP contribution >= 0.6 is 11.3 Å². The van der Waals surface area contributed by atoms with E-state index < -0.39 is 0 Å². The molecule has 0 aliphatic heterocycles. The van der Waals surface area contributed by atoms with Crippen molar-refractivity contribution >= 4 is 28.5 Å². The van der Waals surface area contributed by atoms with Gasteiger partial charge in [-0.3, -0.25) is 10.1 Å². The fourth-order valence-corrected chi connectivity index (χ4v) is 2.57. The Kier molecular flexibility index (Phi) is 6.17. The molecule has 0 fully saturated rings. The molecule has 6 heteroatoms. The summed E-state index contributed by atoms with van der Waals surface area (Å²) in [5.74, 6) is 1.16. The second-order valence-corrected chi connectivity index (χ2v) is 5.91. The summed E-state index contributed by atoms with van der Waals surface area (Å²) >= 11 is 1.44. The van der Waals surface area contributed by atoms with Gasteiger partial charge in [-0.05, 0) is 44.5 Å². The predicted octanol–water partition coefficient (Wildman–Crippen LogP) is 3.90. The Morgan fingerprint density at radius 3 is 2.65 bits per heavy atom. The maximum Gasteiger partial charge on any atom is 0.250 e. The van der Waals surface area contributed by atoms with Crippen LogP contribution in [0.4, 0.5) is 5.13 Å². The number of aryl methyl sites for hydroxylation is 1. The molecular weight excluding hydrogens is 312 g/mol. The number of anilines is 1. The largest absolute Gasteiger partial charge is 0.490 e. The van der Waals surface area contributed by atoms with Crippen molar-refractivity contribution in [2.24, 2.45) is 0 Å². The van der Waals surface area contributed by atoms with Gasteiger partial charge in [0.2, 0.25) is 5.91 Å². The zero-order chi connectivity index (χ0) is 16.7. The van der Waals surface area contributed by atoms with Crippen LogP contribution < -0.4 is 14.8 Å². The van der Waals surface area contributed by atoms with Crippen LogP contribution in [0.2, 0.25) is 0 Å². The molecule has 0 saturated carbocycles. The van der Waals surface area contributed by atoms with Gasteiger partial charge in [0.1, 0.15) is 0 Å². The van der Waals surface area contributed by atoms with Gasteiger partial charge >= 0.3 is 0 Å². The standard InChI is InChI=1S/C17H20N2O3S/c1-4-21-14-8-6-13(10-15(14)22-5-2)7-9-16(20)19-17-18-11-12(3)23-17/h6-11H,4-5H2,1-3H3,(H,18,19,20)/b9-7+. The quantitative estimate of drug-likeness (QED) is 0.781. The second-order valence-electron chi connectivity index (χ2n) is 4.67. The van der Waals surface area contributed by atoms with Gasteiger partial charge in [-0.1, -0.05) is 6.07 Å². The summed E-state index contributed by atoms with van der Waals surface area (Å²) in [6.07, 6.45) is 4.93. The molecule has 0 aliphatic carbocycles. The number of hydrogen-bond acceptors (Lipinski definition) is 5. The molecule has 1 aromatic carbocycles. The Labute approximate surface area is 140 Å². The minimum Gasteiger partial charge on any atom is -0.490 e. The number of benzene rings is 1. The molecule has 0 spiro atoms. The van der Waals surface area contributed by atoms with E-state index in [1.54, 1.807) is 12.3 Å². The number of amides is 1. The van der Waals surface area contributed by atoms with Crippen LogP contribution in [0, 0.1) is 6.92 Å². The molecule has 0 aliphatic rings. The Morgan fingerprint density at radius 1 is 1.26 bits per heavy atom. The van der Waals surface area contributed by atoms with Crippen molar-refractivity contribution in [3.05, 3.63) is 40.9 Å². The van der Waals surface area contributed by atoms with Crippen LogP contribution in [-0.4, -0.2) is 24.1 Å². The van der Waals surface area contributed by atoms with Crippen LogP contribution in [-0.2, 0) is 4.79 Å². The van der Waals surface area contributed by atoms with Gasteiger partial charge in [-0.25, -0.2) is 4.98 Å². The third-order valence-corrected chi connectivity index (χ3v) is 3.67. The molecule has 1 N–H and O–H groups in total. The molecule has 1 amide bonds. The van der Waals surface area contributed by atoms with E-state index in [2.05, 4.69) is 10.3 Å². The smallest absolute Gasteiger partial charge is 0.250 e. The first-order chi connectivity index (χ1) is 11.1. The second kappa shape index (κ2) is 8.33. The lowest BCUT2D eigenvalue weighted by atomic mass is 10.2. The molecule has 23 heavy (non-hydrogen) atoms. The van der Waals surface area contributed by atoms with Gasteiger partial charge in [-0.2, -0.15) is 0 Å². The first-order valence-electron chi connectivity index (χ1n) is 7.43. The van der Waals surface area contributed by atoms with Crippen molar-refractivity contribution in [1.82, 2.24) is 4.98 Å². The number of carbonyl (C=O) groups is 1. The molecule has 2 rings (SSSR count). The molecule has 1 heterocycles. The number of nitrogens with zero attached hydrogens (tertiary/aromatic N) is 1. The van der Waals surface area contributed by atoms with Crippen LogP contribution in [0.3, 0.4) is 0 Å². The van der Waals surface area contributed by atoms with Crippen molar-refractivity contribution in [3.8, 4) is 11.5 Å². The van der Waals surface area contributed by atoms with Gasteiger partial charge in [0.25, 0.3) is 0 Å². The lowest BCUT2D eigenvalue weighted by molar-refractivity contribution is -0.111. The van der Waals surface area contributed by atoms with Crippen molar-refractivity contribution in [1.29, 1.82) is 0 Å². The summed E-state index contributed by atoms with van der Waals surface area (Å²) in [6.45, 7) is 6.91. The summed E-state index contributed by atoms with van der Waals surface area (Å²) in [5, 5.41) is 3.33. The first-order valence-corrected chi connectivity index (χ1v) is 8.25. The molecule has 122 valence electrons. The molecule has 2 aromatic rings. The molecule has 0 saturated heterocycles. The van der Waals surface area contributed by atoms with E-state index >= 15 is 0 Å². The lowest BCUT2D eigenvalue weighted by Crippen LogP contribution is -2.07. The Bertz CT molecular complexity index is 695. The van der Waals surface area contributed by atoms with E-state index in [0.29, 0.717) is 29.8 Å². The molecule has 0 unspecified atom stereocenters. The molecule has 5 nitrogen and oxygen atoms in total. The molecule has 1 aromatic heterocycles. The van der Waals surface area contributed by atoms with E-state index in [1.807, 2.05) is 39.0 Å². The Balaban J connectivity index is 2.06. The maximum absolute atomic E-state index is 11.9. The van der Waals surface area contributed by atoms with Crippen molar-refractivity contribution in [2.45, 2.75) is 20.8 Å². The summed E-state index contributed by atoms with van der Waals surface area (Å²) in [5.41, 5.74) is 0.863. The molecular formula is C17H20N2O3S. The van der Waals surface area contributed by atoms with E-state index in [4.69, 9.17) is 9.47 Å². The average Bonchev–Trinajstić information content (AvgIpc) is 2.93. The van der Waals surface area contributed by atoms with Crippen molar-refractivity contribution in [2.75, 3.05) is 18.5 Å². The lowest BCUT2D eigenvalue weighted by Gasteiger charge is -2.11. The van der Waals surface area contributed by atoms with E-state index in [1.165, 1.54) is 17.4 Å². The van der Waals surface area contributed by atoms with Crippen LogP contribution in [0.1, 0.15) is 24.3 Å². The zero-order valence-electron chi connectivity index (χ0n) is 13.5. The minimum atomic E-state index is -0.216. The fraction of sp³-hybridized carbons (Fsp3) is 0.294. The number of hydrogen-bond donors (Lipinski definition) is 1. The van der Waals surface area contributed by atoms with Gasteiger partial charge in [0.15, 0.2) is 16.6 Å². The van der Waals surface area contributed by atoms with Crippen LogP contribution in [0.25, 0.3) is 6.08 Å². The predicted molar refractivity (Wildman–Crippen MR) is 93.3 cm³/mol. The topological polar surface area (TPSA) is 60.5 Å². The fourth-order valence-electron chi connectivity index (χ4n) is 1.90. The van der Waals surface area contributed by atoms with E-state index in [-0.39, 0.29) is 5.91 Å². The third kappa shape index (κ3) is 5.10. The van der Waals surface area contributed by atoms with Gasteiger partial charge in [-0.15, -0.1) is 11.3 Å². The minimum absolute atomic E-state index is 0.216. The monoisotopic (exact) mass is 332 g/mol. The van der Waals surface area contributed by atoms with E-state index in [0.717, 1.165) is 10.4 Å². The van der Waals surface area contributed by atoms with Gasteiger partial charge in [0, 0.05) is 17.2 Å². The maximum atomic E-state index is 11.9. The normalized spacial score (nSPS) is 10.7. The highest BCUT2D eigenvalue weighted by Crippen LogP contribution is 2.29.